The molecule has 0 bridgehead atoms. The summed E-state index contributed by atoms with van der Waals surface area (Å²) in [6.45, 7) is 3.86. The Morgan fingerprint density at radius 2 is 1.00 bits per heavy atom. The Kier molecular flexibility index (Phi) is 51.1. The third-order valence-electron chi connectivity index (χ3n) is 0.118. The quantitative estimate of drug-likeness (QED) is 0.515. The number of hydrogen-bond donors (Lipinski definition) is 0. The van der Waals surface area contributed by atoms with Gasteiger partial charge in [-0.2, -0.15) is 12.0 Å². The highest BCUT2D eigenvalue weighted by Crippen LogP contribution is 1.32. The second kappa shape index (κ2) is 33.0. The van der Waals surface area contributed by atoms with Crippen LogP contribution in [0.4, 0.5) is 0 Å². The van der Waals surface area contributed by atoms with Gasteiger partial charge < -0.3 is 4.12 Å². The Morgan fingerprint density at radius 3 is 1.00 bits per heavy atom. The molecule has 0 aliphatic rings. The van der Waals surface area contributed by atoms with Crippen molar-refractivity contribution in [2.24, 2.45) is 0 Å². The maximum atomic E-state index is 4.88. The Bertz CT molecular complexity index is 185. The van der Waals surface area contributed by atoms with Crippen LogP contribution >= 0.6 is 0 Å². The van der Waals surface area contributed by atoms with Crippen LogP contribution in [-0.4, -0.2) is 36.3 Å². The minimum Gasteiger partial charge on any atom is -0.480 e. The first-order valence-electron chi connectivity index (χ1n) is 2.56. The van der Waals surface area contributed by atoms with Gasteiger partial charge in [-0.25, -0.2) is 0 Å². The number of rotatable bonds is 0. The van der Waals surface area contributed by atoms with Crippen molar-refractivity contribution in [3.8, 4) is 24.0 Å². The van der Waals surface area contributed by atoms with Crippen molar-refractivity contribution >= 4 is 36.3 Å². The van der Waals surface area contributed by atoms with E-state index in [0.717, 1.165) is 0 Å². The summed E-state index contributed by atoms with van der Waals surface area (Å²) in [7, 11) is 1.26. The fourth-order valence-electron chi connectivity index (χ4n) is 0.0340. The van der Waals surface area contributed by atoms with Crippen molar-refractivity contribution in [3.05, 3.63) is 0 Å². The Labute approximate surface area is 77.8 Å². The van der Waals surface area contributed by atoms with Crippen molar-refractivity contribution < 1.29 is 4.12 Å². The summed E-state index contributed by atoms with van der Waals surface area (Å²) in [6, 6.07) is 19.5. The average molecular weight is 210 g/mol. The monoisotopic (exact) mass is 210 g/mol. The first-order chi connectivity index (χ1) is 5.24. The summed E-state index contributed by atoms with van der Waals surface area (Å²) in [4.78, 5) is 0. The van der Waals surface area contributed by atoms with Crippen LogP contribution in [0, 0.1) is 24.0 Å². The molecule has 0 unspecified atom stereocenters. The molecule has 0 amide bonds. The molecule has 56 valence electrons. The van der Waals surface area contributed by atoms with Crippen LogP contribution < -0.4 is 0 Å². The highest BCUT2D eigenvalue weighted by Gasteiger charge is 1.47. The third-order valence-corrected chi connectivity index (χ3v) is 1.06. The van der Waals surface area contributed by atoms with Gasteiger partial charge >= 0.3 is 0 Å². The van der Waals surface area contributed by atoms with Gasteiger partial charge in [-0.1, -0.05) is 0 Å². The van der Waals surface area contributed by atoms with Crippen LogP contribution in [0.2, 0.25) is 13.1 Å². The van der Waals surface area contributed by atoms with Gasteiger partial charge in [0.25, 0.3) is 0 Å². The zero-order valence-corrected chi connectivity index (χ0v) is 10.7. The summed E-state index contributed by atoms with van der Waals surface area (Å²) >= 11 is 0. The topological polar surface area (TPSA) is 9.23 Å². The van der Waals surface area contributed by atoms with Crippen molar-refractivity contribution in [2.75, 3.05) is 0 Å². The predicted molar refractivity (Wildman–Crippen MR) is 55.6 cm³/mol. The van der Waals surface area contributed by atoms with Crippen LogP contribution in [0.15, 0.2) is 0 Å². The molecule has 1 nitrogen and oxygen atoms in total. The molecule has 0 radical (unpaired) electrons. The van der Waals surface area contributed by atoms with Gasteiger partial charge in [-0.3, -0.25) is 0 Å². The van der Waals surface area contributed by atoms with E-state index in [1.54, 1.807) is 0 Å². The van der Waals surface area contributed by atoms with Gasteiger partial charge in [0.1, 0.15) is 0 Å². The molecular weight excluding hydrogens is 200 g/mol. The second-order valence-corrected chi connectivity index (χ2v) is 3.36. The fraction of sp³-hybridized carbons (Fsp3) is 0.333. The molecule has 0 atom stereocenters. The van der Waals surface area contributed by atoms with E-state index in [0.29, 0.717) is 17.9 Å². The van der Waals surface area contributed by atoms with Crippen molar-refractivity contribution in [3.63, 3.8) is 0 Å². The molecule has 0 aromatic heterocycles. The Morgan fingerprint density at radius 1 is 0.818 bits per heavy atom. The lowest BCUT2D eigenvalue weighted by Gasteiger charge is -1.66. The zero-order chi connectivity index (χ0) is 9.54. The molecule has 0 rings (SSSR count). The highest BCUT2D eigenvalue weighted by atomic mass is 28.3. The molecule has 0 spiro atoms. The zero-order valence-electron chi connectivity index (χ0n) is 6.72. The van der Waals surface area contributed by atoms with Crippen LogP contribution in [0.1, 0.15) is 0 Å². The van der Waals surface area contributed by atoms with E-state index in [4.69, 9.17) is 24.0 Å². The minimum absolute atomic E-state index is 0.0451. The normalized spacial score (nSPS) is 3.09. The third kappa shape index (κ3) is 186. The van der Waals surface area contributed by atoms with Gasteiger partial charge in [0, 0.05) is 0 Å². The van der Waals surface area contributed by atoms with Crippen LogP contribution in [0.5, 0.6) is 0 Å². The highest BCUT2D eigenvalue weighted by molar-refractivity contribution is 6.28. The molecule has 0 fully saturated rings. The molecule has 5 heteroatoms. The van der Waals surface area contributed by atoms with Crippen molar-refractivity contribution in [2.45, 2.75) is 13.1 Å². The minimum atomic E-state index is 0.0451. The summed E-state index contributed by atoms with van der Waals surface area (Å²) in [5.74, 6) is 0. The van der Waals surface area contributed by atoms with E-state index in [9.17, 15) is 0 Å². The molecule has 0 aliphatic carbocycles. The fourth-order valence-corrected chi connectivity index (χ4v) is 0.306. The van der Waals surface area contributed by atoms with E-state index < -0.39 is 0 Å². The summed E-state index contributed by atoms with van der Waals surface area (Å²) in [5, 5.41) is 0. The van der Waals surface area contributed by atoms with Crippen molar-refractivity contribution in [1.29, 1.82) is 0 Å². The standard InChI is InChI=1S/C2H2OSi2.2C2H4Si/c1-4-3-5-2;2*1-3-2/h1-2H;2*1H,2H3. The average Bonchev–Trinajstić information content (AvgIpc) is 1.92. The molecular formula is C6H10OSi4. The lowest BCUT2D eigenvalue weighted by atomic mass is 11.9. The van der Waals surface area contributed by atoms with E-state index in [1.165, 1.54) is 0 Å². The van der Waals surface area contributed by atoms with Gasteiger partial charge in [0.05, 0.1) is 0 Å². The van der Waals surface area contributed by atoms with E-state index >= 15 is 0 Å². The van der Waals surface area contributed by atoms with E-state index in [2.05, 4.69) is 4.12 Å². The van der Waals surface area contributed by atoms with Crippen LogP contribution in [0.25, 0.3) is 0 Å². The van der Waals surface area contributed by atoms with Crippen LogP contribution in [-0.2, 0) is 4.12 Å². The maximum absolute atomic E-state index is 4.88. The molecule has 0 aromatic rings. The SMILES string of the molecule is C#[Si]C.C#[Si]C.C#[Si]O[Si]#C. The second-order valence-electron chi connectivity index (χ2n) is 0.915. The van der Waals surface area contributed by atoms with Gasteiger partial charge in [0.15, 0.2) is 0 Å². The Hall–Kier alpha value is -0.212. The molecule has 0 N–H and O–H groups in total. The summed E-state index contributed by atoms with van der Waals surface area (Å²) < 4.78 is 4.44. The van der Waals surface area contributed by atoms with Gasteiger partial charge in [0.2, 0.25) is 18.4 Å². The smallest absolute Gasteiger partial charge is 0.240 e. The summed E-state index contributed by atoms with van der Waals surface area (Å²) in [5.41, 5.74) is 0. The largest absolute Gasteiger partial charge is 0.480 e. The van der Waals surface area contributed by atoms with E-state index in [-0.39, 0.29) is 18.4 Å². The predicted octanol–water partition coefficient (Wildman–Crippen LogP) is 0.0748. The maximum Gasteiger partial charge on any atom is 0.240 e. The molecule has 0 heterocycles. The summed E-state index contributed by atoms with van der Waals surface area (Å²) in [6.07, 6.45) is 0. The lowest BCUT2D eigenvalue weighted by Crippen LogP contribution is -1.76. The van der Waals surface area contributed by atoms with Gasteiger partial charge in [-0.15, -0.1) is 12.0 Å². The molecule has 0 saturated heterocycles. The first-order valence-corrected chi connectivity index (χ1v) is 7.69. The molecule has 0 aromatic carbocycles. The van der Waals surface area contributed by atoms with Crippen LogP contribution in [0.3, 0.4) is 0 Å². The number of hydrogen-bond acceptors (Lipinski definition) is 1. The molecule has 11 heavy (non-hydrogen) atoms. The van der Waals surface area contributed by atoms with E-state index in [1.807, 2.05) is 13.1 Å². The molecule has 0 aliphatic heterocycles. The van der Waals surface area contributed by atoms with Gasteiger partial charge in [-0.05, 0) is 31.0 Å². The Balaban J connectivity index is -0.0000000933. The van der Waals surface area contributed by atoms with Crippen molar-refractivity contribution in [1.82, 2.24) is 0 Å². The lowest BCUT2D eigenvalue weighted by molar-refractivity contribution is 0.683. The first kappa shape index (κ1) is 17.0. The molecule has 0 saturated carbocycles.